The van der Waals surface area contributed by atoms with Crippen molar-refractivity contribution in [3.05, 3.63) is 28.3 Å². The van der Waals surface area contributed by atoms with E-state index in [4.69, 9.17) is 22.1 Å². The molecular weight excluding hydrogens is 274 g/mol. The summed E-state index contributed by atoms with van der Waals surface area (Å²) in [4.78, 5) is 0. The number of sulfone groups is 1. The van der Waals surface area contributed by atoms with Crippen LogP contribution in [0.2, 0.25) is 5.02 Å². The van der Waals surface area contributed by atoms with Crippen LogP contribution in [0.4, 0.5) is 0 Å². The Hall–Kier alpha value is -0.780. The lowest BCUT2D eigenvalue weighted by molar-refractivity contribution is 0.352. The van der Waals surface area contributed by atoms with Gasteiger partial charge >= 0.3 is 0 Å². The van der Waals surface area contributed by atoms with Gasteiger partial charge in [0.05, 0.1) is 12.4 Å². The van der Waals surface area contributed by atoms with Gasteiger partial charge in [0.1, 0.15) is 15.6 Å². The summed E-state index contributed by atoms with van der Waals surface area (Å²) in [7, 11) is -3.07. The summed E-state index contributed by atoms with van der Waals surface area (Å²) in [5.74, 6) is 0.789. The van der Waals surface area contributed by atoms with E-state index < -0.39 is 15.9 Å². The Labute approximate surface area is 112 Å². The molecule has 0 bridgehead atoms. The maximum atomic E-state index is 11.2. The van der Waals surface area contributed by atoms with Gasteiger partial charge in [-0.3, -0.25) is 0 Å². The first-order valence-corrected chi connectivity index (χ1v) is 8.16. The maximum absolute atomic E-state index is 11.2. The van der Waals surface area contributed by atoms with Crippen molar-refractivity contribution in [3.8, 4) is 5.75 Å². The Morgan fingerprint density at radius 2 is 2.22 bits per heavy atom. The van der Waals surface area contributed by atoms with Gasteiger partial charge in [-0.15, -0.1) is 0 Å². The molecule has 1 aliphatic heterocycles. The van der Waals surface area contributed by atoms with Crippen LogP contribution in [0.5, 0.6) is 5.75 Å². The molecule has 1 aliphatic rings. The molecule has 0 aromatic heterocycles. The lowest BCUT2D eigenvalue weighted by Crippen LogP contribution is -2.31. The van der Waals surface area contributed by atoms with Crippen molar-refractivity contribution in [2.45, 2.75) is 18.9 Å². The fraction of sp³-hybridized carbons (Fsp3) is 0.500. The van der Waals surface area contributed by atoms with E-state index in [-0.39, 0.29) is 5.75 Å². The number of hydrogen-bond acceptors (Lipinski definition) is 4. The molecule has 1 unspecified atom stereocenters. The molecule has 0 fully saturated rings. The minimum atomic E-state index is -3.07. The summed E-state index contributed by atoms with van der Waals surface area (Å²) < 4.78 is 27.9. The highest BCUT2D eigenvalue weighted by atomic mass is 35.5. The van der Waals surface area contributed by atoms with Gasteiger partial charge in [0.2, 0.25) is 0 Å². The Morgan fingerprint density at radius 1 is 1.50 bits per heavy atom. The van der Waals surface area contributed by atoms with Gasteiger partial charge < -0.3 is 10.5 Å². The van der Waals surface area contributed by atoms with Crippen LogP contribution in [-0.2, 0) is 22.7 Å². The van der Waals surface area contributed by atoms with Crippen LogP contribution in [0, 0.1) is 0 Å². The Morgan fingerprint density at radius 3 is 2.89 bits per heavy atom. The average molecular weight is 290 g/mol. The van der Waals surface area contributed by atoms with Gasteiger partial charge in [0.25, 0.3) is 0 Å². The summed E-state index contributed by atoms with van der Waals surface area (Å²) in [6, 6.07) is 3.25. The number of hydrogen-bond donors (Lipinski definition) is 1. The molecule has 1 atom stereocenters. The van der Waals surface area contributed by atoms with E-state index in [1.54, 1.807) is 6.07 Å². The van der Waals surface area contributed by atoms with Crippen molar-refractivity contribution in [1.29, 1.82) is 0 Å². The Balaban J connectivity index is 2.19. The van der Waals surface area contributed by atoms with Crippen molar-refractivity contribution >= 4 is 21.4 Å². The van der Waals surface area contributed by atoms with Crippen LogP contribution in [0.3, 0.4) is 0 Å². The topological polar surface area (TPSA) is 69.4 Å². The fourth-order valence-electron chi connectivity index (χ4n) is 2.23. The van der Waals surface area contributed by atoms with E-state index in [1.165, 1.54) is 6.26 Å². The molecule has 100 valence electrons. The van der Waals surface area contributed by atoms with E-state index >= 15 is 0 Å². The molecule has 0 spiro atoms. The van der Waals surface area contributed by atoms with Crippen molar-refractivity contribution in [3.63, 3.8) is 0 Å². The van der Waals surface area contributed by atoms with Crippen molar-refractivity contribution in [1.82, 2.24) is 0 Å². The molecule has 1 aromatic rings. The zero-order valence-electron chi connectivity index (χ0n) is 10.1. The number of rotatable bonds is 4. The van der Waals surface area contributed by atoms with Crippen LogP contribution in [0.25, 0.3) is 0 Å². The SMILES string of the molecule is CS(=O)(=O)CC(N)Cc1cc(Cl)cc2c1OCC2. The molecule has 2 N–H and O–H groups in total. The molecular formula is C12H16ClNO3S. The number of ether oxygens (including phenoxy) is 1. The predicted octanol–water partition coefficient (Wildman–Crippen LogP) is 1.19. The molecule has 1 aromatic carbocycles. The molecule has 0 saturated heterocycles. The summed E-state index contributed by atoms with van der Waals surface area (Å²) in [6.45, 7) is 0.643. The molecule has 1 heterocycles. The van der Waals surface area contributed by atoms with Crippen molar-refractivity contribution in [2.75, 3.05) is 18.6 Å². The highest BCUT2D eigenvalue weighted by Gasteiger charge is 2.20. The van der Waals surface area contributed by atoms with E-state index in [0.29, 0.717) is 18.1 Å². The second-order valence-electron chi connectivity index (χ2n) is 4.71. The van der Waals surface area contributed by atoms with Gasteiger partial charge in [0.15, 0.2) is 0 Å². The normalized spacial score (nSPS) is 16.2. The van der Waals surface area contributed by atoms with Crippen LogP contribution in [0.15, 0.2) is 12.1 Å². The predicted molar refractivity (Wildman–Crippen MR) is 72.0 cm³/mol. The third kappa shape index (κ3) is 3.37. The summed E-state index contributed by atoms with van der Waals surface area (Å²) in [6.07, 6.45) is 2.48. The molecule has 0 amide bonds. The van der Waals surface area contributed by atoms with E-state index in [2.05, 4.69) is 0 Å². The van der Waals surface area contributed by atoms with Crippen molar-refractivity contribution < 1.29 is 13.2 Å². The van der Waals surface area contributed by atoms with Gasteiger partial charge in [-0.1, -0.05) is 11.6 Å². The van der Waals surface area contributed by atoms with E-state index in [1.807, 2.05) is 6.07 Å². The second-order valence-corrected chi connectivity index (χ2v) is 7.33. The average Bonchev–Trinajstić information content (AvgIpc) is 2.61. The monoisotopic (exact) mass is 289 g/mol. The third-order valence-corrected chi connectivity index (χ3v) is 4.08. The van der Waals surface area contributed by atoms with Crippen molar-refractivity contribution in [2.24, 2.45) is 5.73 Å². The summed E-state index contributed by atoms with van der Waals surface area (Å²) in [5.41, 5.74) is 7.83. The van der Waals surface area contributed by atoms with E-state index in [9.17, 15) is 8.42 Å². The molecule has 0 saturated carbocycles. The maximum Gasteiger partial charge on any atom is 0.148 e. The number of benzene rings is 1. The van der Waals surface area contributed by atoms with Gasteiger partial charge in [-0.05, 0) is 29.7 Å². The first-order chi connectivity index (χ1) is 8.35. The minimum absolute atomic E-state index is 0.0334. The zero-order chi connectivity index (χ0) is 13.3. The van der Waals surface area contributed by atoms with Gasteiger partial charge in [-0.25, -0.2) is 8.42 Å². The first-order valence-electron chi connectivity index (χ1n) is 5.72. The molecule has 2 rings (SSSR count). The van der Waals surface area contributed by atoms with Crippen LogP contribution in [-0.4, -0.2) is 33.1 Å². The van der Waals surface area contributed by atoms with E-state index in [0.717, 1.165) is 23.3 Å². The third-order valence-electron chi connectivity index (χ3n) is 2.82. The lowest BCUT2D eigenvalue weighted by Gasteiger charge is -2.13. The largest absolute Gasteiger partial charge is 0.493 e. The fourth-order valence-corrected chi connectivity index (χ4v) is 3.39. The standard InChI is InChI=1S/C12H16ClNO3S/c1-18(15,16)7-11(14)6-9-5-10(13)4-8-2-3-17-12(8)9/h4-5,11H,2-3,6-7,14H2,1H3. The second kappa shape index (κ2) is 5.07. The van der Waals surface area contributed by atoms with Gasteiger partial charge in [0, 0.05) is 23.7 Å². The molecule has 0 radical (unpaired) electrons. The zero-order valence-corrected chi connectivity index (χ0v) is 11.7. The number of fused-ring (bicyclic) bond motifs is 1. The Bertz CT molecular complexity index is 557. The number of nitrogens with two attached hydrogens (primary N) is 1. The summed E-state index contributed by atoms with van der Waals surface area (Å²) in [5, 5.41) is 0.640. The molecule has 6 heteroatoms. The molecule has 4 nitrogen and oxygen atoms in total. The van der Waals surface area contributed by atoms with Crippen LogP contribution < -0.4 is 10.5 Å². The van der Waals surface area contributed by atoms with Crippen LogP contribution in [0.1, 0.15) is 11.1 Å². The minimum Gasteiger partial charge on any atom is -0.493 e. The van der Waals surface area contributed by atoms with Gasteiger partial charge in [-0.2, -0.15) is 0 Å². The summed E-state index contributed by atoms with van der Waals surface area (Å²) >= 11 is 6.03. The highest BCUT2D eigenvalue weighted by molar-refractivity contribution is 7.90. The first kappa shape index (κ1) is 13.6. The molecule has 0 aliphatic carbocycles. The smallest absolute Gasteiger partial charge is 0.148 e. The highest BCUT2D eigenvalue weighted by Crippen LogP contribution is 2.33. The van der Waals surface area contributed by atoms with Crippen LogP contribution >= 0.6 is 11.6 Å². The number of halogens is 1. The Kier molecular flexibility index (Phi) is 3.84. The molecule has 18 heavy (non-hydrogen) atoms. The lowest BCUT2D eigenvalue weighted by atomic mass is 10.0. The quantitative estimate of drug-likeness (QED) is 0.904.